The van der Waals surface area contributed by atoms with Gasteiger partial charge in [0, 0.05) is 19.3 Å². The molecule has 0 bridgehead atoms. The van der Waals surface area contributed by atoms with Crippen LogP contribution in [0.4, 0.5) is 0 Å². The van der Waals surface area contributed by atoms with Gasteiger partial charge in [-0.15, -0.1) is 0 Å². The van der Waals surface area contributed by atoms with Crippen molar-refractivity contribution in [3.8, 4) is 11.3 Å². The van der Waals surface area contributed by atoms with Gasteiger partial charge in [0.2, 0.25) is 0 Å². The number of likely N-dealkylation sites (N-methyl/N-ethyl adjacent to an activating group) is 1. The van der Waals surface area contributed by atoms with Gasteiger partial charge in [-0.05, 0) is 23.3 Å². The highest BCUT2D eigenvalue weighted by Gasteiger charge is 2.15. The van der Waals surface area contributed by atoms with Crippen LogP contribution < -0.4 is 5.56 Å². The summed E-state index contributed by atoms with van der Waals surface area (Å²) >= 11 is 0. The molecule has 26 heavy (non-hydrogen) atoms. The minimum atomic E-state index is -0.379. The van der Waals surface area contributed by atoms with Gasteiger partial charge in [-0.3, -0.25) is 9.59 Å². The van der Waals surface area contributed by atoms with Gasteiger partial charge in [0.05, 0.1) is 0 Å². The summed E-state index contributed by atoms with van der Waals surface area (Å²) in [5.41, 5.74) is 2.43. The van der Waals surface area contributed by atoms with Gasteiger partial charge in [-0.2, -0.15) is 0 Å². The van der Waals surface area contributed by atoms with Crippen LogP contribution in [-0.4, -0.2) is 29.4 Å². The molecule has 0 saturated heterocycles. The second kappa shape index (κ2) is 8.12. The quantitative estimate of drug-likeness (QED) is 0.765. The molecule has 0 atom stereocenters. The molecular weight excluding hydrogens is 324 g/mol. The summed E-state index contributed by atoms with van der Waals surface area (Å²) in [6, 6.07) is 22.7. The van der Waals surface area contributed by atoms with Crippen molar-refractivity contribution >= 4 is 12.0 Å². The summed E-state index contributed by atoms with van der Waals surface area (Å²) in [6.45, 7) is 0.424. The van der Waals surface area contributed by atoms with Crippen LogP contribution in [0.2, 0.25) is 0 Å². The highest BCUT2D eigenvalue weighted by molar-refractivity contribution is 5.94. The lowest BCUT2D eigenvalue weighted by Crippen LogP contribution is -2.31. The first-order valence-corrected chi connectivity index (χ1v) is 8.41. The van der Waals surface area contributed by atoms with Crippen LogP contribution >= 0.6 is 0 Å². The minimum Gasteiger partial charge on any atom is -0.338 e. The molecule has 4 heteroatoms. The number of nitrogens with zero attached hydrogens (tertiary/aromatic N) is 1. The summed E-state index contributed by atoms with van der Waals surface area (Å²) in [5, 5.41) is 0. The fourth-order valence-electron chi connectivity index (χ4n) is 2.63. The molecule has 1 aromatic heterocycles. The molecule has 3 aromatic rings. The molecule has 3 rings (SSSR count). The van der Waals surface area contributed by atoms with Gasteiger partial charge >= 0.3 is 0 Å². The smallest absolute Gasteiger partial charge is 0.261 e. The van der Waals surface area contributed by atoms with Crippen LogP contribution in [-0.2, 0) is 0 Å². The monoisotopic (exact) mass is 344 g/mol. The summed E-state index contributed by atoms with van der Waals surface area (Å²) < 4.78 is 0. The predicted molar refractivity (Wildman–Crippen MR) is 105 cm³/mol. The Bertz CT molecular complexity index is 960. The average molecular weight is 344 g/mol. The lowest BCUT2D eigenvalue weighted by molar-refractivity contribution is 0.0808. The lowest BCUT2D eigenvalue weighted by atomic mass is 10.1. The van der Waals surface area contributed by atoms with Crippen molar-refractivity contribution in [3.05, 3.63) is 100 Å². The van der Waals surface area contributed by atoms with Crippen LogP contribution in [0.25, 0.3) is 17.3 Å². The zero-order valence-corrected chi connectivity index (χ0v) is 14.6. The second-order valence-corrected chi connectivity index (χ2v) is 5.98. The fourth-order valence-corrected chi connectivity index (χ4v) is 2.63. The summed E-state index contributed by atoms with van der Waals surface area (Å²) in [5.74, 6) is -0.302. The number of aromatic amines is 1. The molecule has 0 unspecified atom stereocenters. The third-order valence-corrected chi connectivity index (χ3v) is 4.06. The van der Waals surface area contributed by atoms with Gasteiger partial charge in [0.25, 0.3) is 11.5 Å². The molecule has 0 saturated carbocycles. The molecule has 1 N–H and O–H groups in total. The van der Waals surface area contributed by atoms with Crippen LogP contribution in [0.1, 0.15) is 15.9 Å². The van der Waals surface area contributed by atoms with Crippen molar-refractivity contribution < 1.29 is 4.79 Å². The number of rotatable bonds is 5. The molecule has 130 valence electrons. The molecule has 0 radical (unpaired) electrons. The molecule has 0 fully saturated rings. The molecule has 0 aliphatic rings. The first-order valence-electron chi connectivity index (χ1n) is 8.41. The number of carbonyl (C=O) groups excluding carboxylic acids is 1. The van der Waals surface area contributed by atoms with Crippen LogP contribution in [0.15, 0.2) is 83.7 Å². The topological polar surface area (TPSA) is 53.2 Å². The number of carbonyl (C=O) groups is 1. The molecular formula is C22H20N2O2. The van der Waals surface area contributed by atoms with E-state index < -0.39 is 0 Å². The van der Waals surface area contributed by atoms with Gasteiger partial charge in [0.1, 0.15) is 5.56 Å². The molecule has 1 heterocycles. The van der Waals surface area contributed by atoms with Gasteiger partial charge in [0.15, 0.2) is 0 Å². The summed E-state index contributed by atoms with van der Waals surface area (Å²) in [4.78, 5) is 29.2. The van der Waals surface area contributed by atoms with Crippen molar-refractivity contribution in [3.63, 3.8) is 0 Å². The average Bonchev–Trinajstić information content (AvgIpc) is 2.69. The Balaban J connectivity index is 1.71. The third kappa shape index (κ3) is 4.16. The molecule has 1 amide bonds. The van der Waals surface area contributed by atoms with Crippen molar-refractivity contribution in [2.75, 3.05) is 13.6 Å². The normalized spacial score (nSPS) is 10.8. The molecule has 4 nitrogen and oxygen atoms in total. The largest absolute Gasteiger partial charge is 0.338 e. The van der Waals surface area contributed by atoms with Gasteiger partial charge in [-0.25, -0.2) is 0 Å². The zero-order chi connectivity index (χ0) is 18.4. The van der Waals surface area contributed by atoms with E-state index in [1.807, 2.05) is 72.8 Å². The Morgan fingerprint density at radius 3 is 2.27 bits per heavy atom. The van der Waals surface area contributed by atoms with E-state index in [0.717, 1.165) is 11.1 Å². The molecule has 0 aliphatic heterocycles. The first-order chi connectivity index (χ1) is 12.6. The number of amides is 1. The maximum absolute atomic E-state index is 12.5. The fraction of sp³-hybridized carbons (Fsp3) is 0.0909. The zero-order valence-electron chi connectivity index (χ0n) is 14.6. The SMILES string of the molecule is CN(C/C=C/c1ccccc1)C(=O)c1ccc(-c2ccccc2)[nH]c1=O. The van der Waals surface area contributed by atoms with Crippen molar-refractivity contribution in [2.24, 2.45) is 0 Å². The highest BCUT2D eigenvalue weighted by Crippen LogP contribution is 2.15. The van der Waals surface area contributed by atoms with E-state index in [1.165, 1.54) is 4.90 Å². The Kier molecular flexibility index (Phi) is 5.44. The maximum Gasteiger partial charge on any atom is 0.261 e. The van der Waals surface area contributed by atoms with Gasteiger partial charge < -0.3 is 9.88 Å². The summed E-state index contributed by atoms with van der Waals surface area (Å²) in [7, 11) is 1.68. The number of nitrogens with one attached hydrogen (secondary N) is 1. The Morgan fingerprint density at radius 2 is 1.62 bits per heavy atom. The van der Waals surface area contributed by atoms with Crippen molar-refractivity contribution in [1.29, 1.82) is 0 Å². The molecule has 0 aliphatic carbocycles. The van der Waals surface area contributed by atoms with E-state index in [-0.39, 0.29) is 17.0 Å². The highest BCUT2D eigenvalue weighted by atomic mass is 16.2. The van der Waals surface area contributed by atoms with E-state index in [2.05, 4.69) is 4.98 Å². The van der Waals surface area contributed by atoms with Gasteiger partial charge in [-0.1, -0.05) is 72.8 Å². The number of hydrogen-bond donors (Lipinski definition) is 1. The van der Waals surface area contributed by atoms with Crippen molar-refractivity contribution in [2.45, 2.75) is 0 Å². The van der Waals surface area contributed by atoms with E-state index >= 15 is 0 Å². The van der Waals surface area contributed by atoms with E-state index in [9.17, 15) is 9.59 Å². The van der Waals surface area contributed by atoms with Crippen molar-refractivity contribution in [1.82, 2.24) is 9.88 Å². The molecule has 0 spiro atoms. The predicted octanol–water partition coefficient (Wildman–Crippen LogP) is 3.83. The number of benzene rings is 2. The van der Waals surface area contributed by atoms with Crippen LogP contribution in [0.5, 0.6) is 0 Å². The third-order valence-electron chi connectivity index (χ3n) is 4.06. The van der Waals surface area contributed by atoms with Crippen LogP contribution in [0.3, 0.4) is 0 Å². The number of hydrogen-bond acceptors (Lipinski definition) is 2. The van der Waals surface area contributed by atoms with E-state index in [0.29, 0.717) is 12.2 Å². The Morgan fingerprint density at radius 1 is 0.962 bits per heavy atom. The standard InChI is InChI=1S/C22H20N2O2/c1-24(16-8-11-17-9-4-2-5-10-17)22(26)19-14-15-20(23-21(19)25)18-12-6-3-7-13-18/h2-15H,16H2,1H3,(H,23,25)/b11-8+. The molecule has 2 aromatic carbocycles. The van der Waals surface area contributed by atoms with E-state index in [4.69, 9.17) is 0 Å². The Hall–Kier alpha value is -3.40. The summed E-state index contributed by atoms with van der Waals surface area (Å²) in [6.07, 6.45) is 3.85. The number of H-pyrrole nitrogens is 1. The van der Waals surface area contributed by atoms with E-state index in [1.54, 1.807) is 19.2 Å². The Labute approximate surface area is 152 Å². The maximum atomic E-state index is 12.5. The number of pyridine rings is 1. The number of aromatic nitrogens is 1. The van der Waals surface area contributed by atoms with Crippen LogP contribution in [0, 0.1) is 0 Å². The first kappa shape index (κ1) is 17.4. The minimum absolute atomic E-state index is 0.139. The second-order valence-electron chi connectivity index (χ2n) is 5.98. The lowest BCUT2D eigenvalue weighted by Gasteiger charge is -2.14.